The van der Waals surface area contributed by atoms with Gasteiger partial charge in [0.15, 0.2) is 0 Å². The number of carbonyl (C=O) groups is 1. The second kappa shape index (κ2) is 3.56. The zero-order valence-corrected chi connectivity index (χ0v) is 6.77. The van der Waals surface area contributed by atoms with Gasteiger partial charge in [0.25, 0.3) is 0 Å². The lowest BCUT2D eigenvalue weighted by Gasteiger charge is -2.22. The molecular weight excluding hydrogens is 130 g/mol. The van der Waals surface area contributed by atoms with Gasteiger partial charge in [-0.15, -0.1) is 0 Å². The largest absolute Gasteiger partial charge is 0.480 e. The van der Waals surface area contributed by atoms with Crippen molar-refractivity contribution in [3.63, 3.8) is 0 Å². The molecule has 0 bridgehead atoms. The fourth-order valence-corrected chi connectivity index (χ4v) is 0.839. The summed E-state index contributed by atoms with van der Waals surface area (Å²) >= 11 is 0. The van der Waals surface area contributed by atoms with Crippen molar-refractivity contribution in [2.45, 2.75) is 32.2 Å². The Balaban J connectivity index is 4.08. The number of hydrogen-bond acceptors (Lipinski definition) is 2. The molecule has 0 amide bonds. The Morgan fingerprint density at radius 3 is 2.30 bits per heavy atom. The van der Waals surface area contributed by atoms with Crippen molar-refractivity contribution in [1.82, 2.24) is 5.32 Å². The standard InChI is InChI=1S/C7H15NO2/c1-4-5-7(2,8-3)6(9)10/h8H,4-5H2,1-3H3,(H,9,10)/t7-/m1/s1. The van der Waals surface area contributed by atoms with Gasteiger partial charge in [0.1, 0.15) is 5.54 Å². The predicted octanol–water partition coefficient (Wildman–Crippen LogP) is 0.849. The van der Waals surface area contributed by atoms with Crippen LogP contribution in [0, 0.1) is 0 Å². The van der Waals surface area contributed by atoms with Crippen LogP contribution in [0.25, 0.3) is 0 Å². The van der Waals surface area contributed by atoms with Crippen molar-refractivity contribution in [3.8, 4) is 0 Å². The Labute approximate surface area is 61.4 Å². The van der Waals surface area contributed by atoms with Gasteiger partial charge in [0.2, 0.25) is 0 Å². The molecule has 0 rings (SSSR count). The summed E-state index contributed by atoms with van der Waals surface area (Å²) in [7, 11) is 1.67. The van der Waals surface area contributed by atoms with Crippen molar-refractivity contribution in [3.05, 3.63) is 0 Å². The average Bonchev–Trinajstić information content (AvgIpc) is 1.88. The highest BCUT2D eigenvalue weighted by Crippen LogP contribution is 2.10. The lowest BCUT2D eigenvalue weighted by atomic mass is 9.97. The van der Waals surface area contributed by atoms with Gasteiger partial charge in [-0.25, -0.2) is 0 Å². The molecule has 60 valence electrons. The minimum Gasteiger partial charge on any atom is -0.480 e. The van der Waals surface area contributed by atoms with E-state index in [1.54, 1.807) is 14.0 Å². The molecule has 0 aromatic carbocycles. The third-order valence-corrected chi connectivity index (χ3v) is 1.77. The van der Waals surface area contributed by atoms with Crippen LogP contribution in [0.2, 0.25) is 0 Å². The topological polar surface area (TPSA) is 49.3 Å². The molecule has 0 aliphatic carbocycles. The molecule has 0 aliphatic rings. The molecular formula is C7H15NO2. The monoisotopic (exact) mass is 145 g/mol. The van der Waals surface area contributed by atoms with E-state index in [9.17, 15) is 4.79 Å². The van der Waals surface area contributed by atoms with E-state index in [2.05, 4.69) is 5.32 Å². The maximum Gasteiger partial charge on any atom is 0.323 e. The predicted molar refractivity (Wildman–Crippen MR) is 40.0 cm³/mol. The second-order valence-corrected chi connectivity index (χ2v) is 2.64. The number of hydrogen-bond donors (Lipinski definition) is 2. The molecule has 0 unspecified atom stereocenters. The van der Waals surface area contributed by atoms with Crippen LogP contribution in [-0.2, 0) is 4.79 Å². The zero-order valence-electron chi connectivity index (χ0n) is 6.77. The van der Waals surface area contributed by atoms with Crippen LogP contribution in [0.3, 0.4) is 0 Å². The average molecular weight is 145 g/mol. The Bertz CT molecular complexity index is 125. The second-order valence-electron chi connectivity index (χ2n) is 2.64. The molecule has 3 nitrogen and oxygen atoms in total. The maximum atomic E-state index is 10.6. The van der Waals surface area contributed by atoms with Crippen molar-refractivity contribution < 1.29 is 9.90 Å². The molecule has 0 saturated carbocycles. The highest BCUT2D eigenvalue weighted by Gasteiger charge is 2.29. The van der Waals surface area contributed by atoms with Gasteiger partial charge in [-0.05, 0) is 20.4 Å². The number of carboxylic acids is 1. The molecule has 1 atom stereocenters. The number of nitrogens with one attached hydrogen (secondary N) is 1. The van der Waals surface area contributed by atoms with Crippen LogP contribution in [-0.4, -0.2) is 23.7 Å². The van der Waals surface area contributed by atoms with Crippen molar-refractivity contribution in [2.75, 3.05) is 7.05 Å². The minimum atomic E-state index is -0.781. The summed E-state index contributed by atoms with van der Waals surface area (Å²) in [5, 5.41) is 11.5. The fraction of sp³-hybridized carbons (Fsp3) is 0.857. The van der Waals surface area contributed by atoms with Crippen molar-refractivity contribution in [1.29, 1.82) is 0 Å². The molecule has 0 spiro atoms. The first-order valence-corrected chi connectivity index (χ1v) is 3.49. The van der Waals surface area contributed by atoms with E-state index in [1.807, 2.05) is 6.92 Å². The summed E-state index contributed by atoms with van der Waals surface area (Å²) in [4.78, 5) is 10.6. The van der Waals surface area contributed by atoms with Gasteiger partial charge in [0.05, 0.1) is 0 Å². The number of rotatable bonds is 4. The van der Waals surface area contributed by atoms with Crippen LogP contribution < -0.4 is 5.32 Å². The zero-order chi connectivity index (χ0) is 8.20. The van der Waals surface area contributed by atoms with Crippen LogP contribution >= 0.6 is 0 Å². The van der Waals surface area contributed by atoms with Crippen LogP contribution in [0.5, 0.6) is 0 Å². The van der Waals surface area contributed by atoms with Crippen LogP contribution in [0.15, 0.2) is 0 Å². The highest BCUT2D eigenvalue weighted by molar-refractivity contribution is 5.78. The number of aliphatic carboxylic acids is 1. The molecule has 0 aromatic heterocycles. The molecule has 0 aliphatic heterocycles. The summed E-state index contributed by atoms with van der Waals surface area (Å²) in [5.74, 6) is -0.781. The van der Waals surface area contributed by atoms with Gasteiger partial charge in [-0.1, -0.05) is 13.3 Å². The van der Waals surface area contributed by atoms with E-state index in [0.29, 0.717) is 6.42 Å². The smallest absolute Gasteiger partial charge is 0.323 e. The molecule has 0 aromatic rings. The van der Waals surface area contributed by atoms with E-state index in [4.69, 9.17) is 5.11 Å². The molecule has 0 saturated heterocycles. The molecule has 0 fully saturated rings. The number of carboxylic acid groups (broad SMARTS) is 1. The SMILES string of the molecule is CCC[C@@](C)(NC)C(=O)O. The van der Waals surface area contributed by atoms with E-state index in [0.717, 1.165) is 6.42 Å². The van der Waals surface area contributed by atoms with E-state index < -0.39 is 11.5 Å². The Hall–Kier alpha value is -0.570. The van der Waals surface area contributed by atoms with Gasteiger partial charge in [-0.3, -0.25) is 4.79 Å². The normalized spacial score (nSPS) is 16.3. The third kappa shape index (κ3) is 1.99. The first-order chi connectivity index (χ1) is 4.56. The number of likely N-dealkylation sites (N-methyl/N-ethyl adjacent to an activating group) is 1. The fourth-order valence-electron chi connectivity index (χ4n) is 0.839. The Kier molecular flexibility index (Phi) is 3.36. The molecule has 10 heavy (non-hydrogen) atoms. The van der Waals surface area contributed by atoms with Gasteiger partial charge in [-0.2, -0.15) is 0 Å². The quantitative estimate of drug-likeness (QED) is 0.616. The molecule has 0 heterocycles. The lowest BCUT2D eigenvalue weighted by Crippen LogP contribution is -2.47. The van der Waals surface area contributed by atoms with E-state index in [1.165, 1.54) is 0 Å². The Morgan fingerprint density at radius 1 is 1.70 bits per heavy atom. The van der Waals surface area contributed by atoms with Gasteiger partial charge in [0, 0.05) is 0 Å². The van der Waals surface area contributed by atoms with Crippen LogP contribution in [0.4, 0.5) is 0 Å². The summed E-state index contributed by atoms with van der Waals surface area (Å²) in [6.45, 7) is 3.66. The summed E-state index contributed by atoms with van der Waals surface area (Å²) in [5.41, 5.74) is -0.741. The van der Waals surface area contributed by atoms with E-state index >= 15 is 0 Å². The van der Waals surface area contributed by atoms with Gasteiger partial charge < -0.3 is 10.4 Å². The van der Waals surface area contributed by atoms with E-state index in [-0.39, 0.29) is 0 Å². The van der Waals surface area contributed by atoms with Crippen molar-refractivity contribution >= 4 is 5.97 Å². The lowest BCUT2D eigenvalue weighted by molar-refractivity contribution is -0.144. The molecule has 3 heteroatoms. The summed E-state index contributed by atoms with van der Waals surface area (Å²) < 4.78 is 0. The minimum absolute atomic E-state index is 0.666. The molecule has 2 N–H and O–H groups in total. The first-order valence-electron chi connectivity index (χ1n) is 3.49. The third-order valence-electron chi connectivity index (χ3n) is 1.77. The Morgan fingerprint density at radius 2 is 2.20 bits per heavy atom. The summed E-state index contributed by atoms with van der Waals surface area (Å²) in [6, 6.07) is 0. The first kappa shape index (κ1) is 9.43. The van der Waals surface area contributed by atoms with Crippen LogP contribution in [0.1, 0.15) is 26.7 Å². The maximum absolute atomic E-state index is 10.6. The molecule has 0 radical (unpaired) electrons. The van der Waals surface area contributed by atoms with Crippen molar-refractivity contribution in [2.24, 2.45) is 0 Å². The highest BCUT2D eigenvalue weighted by atomic mass is 16.4. The van der Waals surface area contributed by atoms with Gasteiger partial charge >= 0.3 is 5.97 Å². The summed E-state index contributed by atoms with van der Waals surface area (Å²) in [6.07, 6.45) is 1.54.